The van der Waals surface area contributed by atoms with E-state index >= 15 is 0 Å². The minimum Gasteiger partial charge on any atom is -0.335 e. The van der Waals surface area contributed by atoms with Crippen molar-refractivity contribution in [3.05, 3.63) is 82.4 Å². The van der Waals surface area contributed by atoms with Gasteiger partial charge in [0.05, 0.1) is 10.6 Å². The minimum atomic E-state index is -3.76. The molecule has 1 fully saturated rings. The number of sulfonamides is 1. The third-order valence-electron chi connectivity index (χ3n) is 5.68. The van der Waals surface area contributed by atoms with E-state index in [0.29, 0.717) is 23.7 Å². The highest BCUT2D eigenvalue weighted by Gasteiger charge is 2.26. The van der Waals surface area contributed by atoms with Crippen LogP contribution in [-0.4, -0.2) is 61.8 Å². The molecule has 1 amide bonds. The van der Waals surface area contributed by atoms with Crippen LogP contribution in [0.5, 0.6) is 0 Å². The first-order valence-electron chi connectivity index (χ1n) is 11.1. The zero-order valence-electron chi connectivity index (χ0n) is 19.3. The van der Waals surface area contributed by atoms with E-state index in [-0.39, 0.29) is 15.9 Å². The number of rotatable bonds is 7. The van der Waals surface area contributed by atoms with Crippen LogP contribution >= 0.6 is 11.3 Å². The summed E-state index contributed by atoms with van der Waals surface area (Å²) < 4.78 is 27.8. The van der Waals surface area contributed by atoms with Gasteiger partial charge >= 0.3 is 0 Å². The molecule has 2 heterocycles. The molecule has 2 aromatic carbocycles. The van der Waals surface area contributed by atoms with Gasteiger partial charge in [-0.15, -0.1) is 0 Å². The van der Waals surface area contributed by atoms with Gasteiger partial charge in [-0.1, -0.05) is 71.5 Å². The number of thiazole rings is 1. The molecular formula is C25H28N4O3S2. The lowest BCUT2D eigenvalue weighted by Crippen LogP contribution is -2.48. The van der Waals surface area contributed by atoms with Crippen molar-refractivity contribution in [1.82, 2.24) is 14.8 Å². The van der Waals surface area contributed by atoms with Gasteiger partial charge in [0, 0.05) is 32.7 Å². The van der Waals surface area contributed by atoms with Gasteiger partial charge < -0.3 is 4.90 Å². The molecule has 178 valence electrons. The molecule has 0 aliphatic carbocycles. The highest BCUT2D eigenvalue weighted by Crippen LogP contribution is 2.27. The third-order valence-corrected chi connectivity index (χ3v) is 8.22. The van der Waals surface area contributed by atoms with Gasteiger partial charge in [0.1, 0.15) is 4.88 Å². The van der Waals surface area contributed by atoms with Gasteiger partial charge in [0.15, 0.2) is 5.13 Å². The number of nitrogens with zero attached hydrogens (tertiary/aromatic N) is 3. The SMILES string of the molecule is Cc1ccc(S(=O)(=O)Nc2nc(C)c(C(=O)N3CCN(C/C=C/c4ccccc4)CC3)s2)cc1. The van der Waals surface area contributed by atoms with Gasteiger partial charge in [-0.25, -0.2) is 13.4 Å². The number of carbonyl (C=O) groups is 1. The smallest absolute Gasteiger partial charge is 0.266 e. The van der Waals surface area contributed by atoms with Crippen LogP contribution < -0.4 is 4.72 Å². The molecule has 3 aromatic rings. The number of amides is 1. The maximum Gasteiger partial charge on any atom is 0.266 e. The van der Waals surface area contributed by atoms with Crippen LogP contribution in [0.4, 0.5) is 5.13 Å². The topological polar surface area (TPSA) is 82.6 Å². The largest absolute Gasteiger partial charge is 0.335 e. The van der Waals surface area contributed by atoms with Crippen LogP contribution in [0.2, 0.25) is 0 Å². The summed E-state index contributed by atoms with van der Waals surface area (Å²) >= 11 is 1.08. The van der Waals surface area contributed by atoms with Gasteiger partial charge in [0.25, 0.3) is 15.9 Å². The van der Waals surface area contributed by atoms with Crippen molar-refractivity contribution in [2.75, 3.05) is 37.4 Å². The average molecular weight is 497 g/mol. The molecular weight excluding hydrogens is 468 g/mol. The van der Waals surface area contributed by atoms with E-state index in [2.05, 4.69) is 38.9 Å². The summed E-state index contributed by atoms with van der Waals surface area (Å²) in [5.74, 6) is -0.102. The Morgan fingerprint density at radius 1 is 1.03 bits per heavy atom. The second-order valence-electron chi connectivity index (χ2n) is 8.26. The van der Waals surface area contributed by atoms with Crippen molar-refractivity contribution in [2.45, 2.75) is 18.7 Å². The molecule has 0 unspecified atom stereocenters. The maximum atomic E-state index is 13.1. The Morgan fingerprint density at radius 3 is 2.38 bits per heavy atom. The Balaban J connectivity index is 1.34. The van der Waals surface area contributed by atoms with Crippen LogP contribution in [0.15, 0.2) is 65.6 Å². The monoisotopic (exact) mass is 496 g/mol. The number of hydrogen-bond acceptors (Lipinski definition) is 6. The molecule has 1 aliphatic heterocycles. The fourth-order valence-corrected chi connectivity index (χ4v) is 5.88. The molecule has 7 nitrogen and oxygen atoms in total. The minimum absolute atomic E-state index is 0.102. The standard InChI is InChI=1S/C25H28N4O3S2/c1-19-10-12-22(13-11-19)34(31,32)27-25-26-20(2)23(33-25)24(30)29-17-15-28(16-18-29)14-6-9-21-7-4-3-5-8-21/h3-13H,14-18H2,1-2H3,(H,26,27)/b9-6+. The summed E-state index contributed by atoms with van der Waals surface area (Å²) in [6.45, 7) is 7.29. The number of aryl methyl sites for hydroxylation is 2. The summed E-state index contributed by atoms with van der Waals surface area (Å²) in [5, 5.41) is 0.200. The predicted octanol–water partition coefficient (Wildman–Crippen LogP) is 4.03. The fraction of sp³-hybridized carbons (Fsp3) is 0.280. The number of carbonyl (C=O) groups excluding carboxylic acids is 1. The van der Waals surface area contributed by atoms with E-state index in [1.54, 1.807) is 31.2 Å². The molecule has 4 rings (SSSR count). The molecule has 1 aliphatic rings. The first-order valence-corrected chi connectivity index (χ1v) is 13.4. The number of hydrogen-bond donors (Lipinski definition) is 1. The summed E-state index contributed by atoms with van der Waals surface area (Å²) in [6, 6.07) is 16.8. The van der Waals surface area contributed by atoms with Gasteiger partial charge in [-0.05, 0) is 31.5 Å². The molecule has 1 N–H and O–H groups in total. The van der Waals surface area contributed by atoms with Crippen molar-refractivity contribution < 1.29 is 13.2 Å². The molecule has 0 bridgehead atoms. The van der Waals surface area contributed by atoms with Gasteiger partial charge in [-0.2, -0.15) is 0 Å². The Hall–Kier alpha value is -3.01. The molecule has 0 saturated carbocycles. The lowest BCUT2D eigenvalue weighted by atomic mass is 10.2. The predicted molar refractivity (Wildman–Crippen MR) is 137 cm³/mol. The number of nitrogens with one attached hydrogen (secondary N) is 1. The molecule has 1 saturated heterocycles. The number of anilines is 1. The summed E-state index contributed by atoms with van der Waals surface area (Å²) in [6.07, 6.45) is 4.25. The van der Waals surface area contributed by atoms with E-state index in [9.17, 15) is 13.2 Å². The number of aromatic nitrogens is 1. The van der Waals surface area contributed by atoms with Crippen LogP contribution in [-0.2, 0) is 10.0 Å². The first kappa shape index (κ1) is 24.1. The summed E-state index contributed by atoms with van der Waals surface area (Å²) in [4.78, 5) is 22.2. The highest BCUT2D eigenvalue weighted by molar-refractivity contribution is 7.93. The average Bonchev–Trinajstić information content (AvgIpc) is 3.19. The van der Waals surface area contributed by atoms with Crippen molar-refractivity contribution >= 4 is 38.5 Å². The summed E-state index contributed by atoms with van der Waals surface area (Å²) in [7, 11) is -3.76. The number of piperazine rings is 1. The van der Waals surface area contributed by atoms with E-state index in [4.69, 9.17) is 0 Å². The zero-order valence-corrected chi connectivity index (χ0v) is 20.9. The second kappa shape index (κ2) is 10.5. The second-order valence-corrected chi connectivity index (χ2v) is 10.9. The third kappa shape index (κ3) is 5.91. The lowest BCUT2D eigenvalue weighted by molar-refractivity contribution is 0.0654. The first-order chi connectivity index (χ1) is 16.3. The van der Waals surface area contributed by atoms with Gasteiger partial charge in [0.2, 0.25) is 0 Å². The normalized spacial score (nSPS) is 15.1. The summed E-state index contributed by atoms with van der Waals surface area (Å²) in [5.41, 5.74) is 2.68. The molecule has 9 heteroatoms. The van der Waals surface area contributed by atoms with E-state index < -0.39 is 10.0 Å². The van der Waals surface area contributed by atoms with Crippen molar-refractivity contribution in [3.8, 4) is 0 Å². The van der Waals surface area contributed by atoms with Crippen molar-refractivity contribution in [3.63, 3.8) is 0 Å². The fourth-order valence-electron chi connectivity index (χ4n) is 3.71. The lowest BCUT2D eigenvalue weighted by Gasteiger charge is -2.34. The van der Waals surface area contributed by atoms with Crippen LogP contribution in [0.25, 0.3) is 6.08 Å². The Morgan fingerprint density at radius 2 is 1.71 bits per heavy atom. The van der Waals surface area contributed by atoms with Crippen LogP contribution in [0.3, 0.4) is 0 Å². The highest BCUT2D eigenvalue weighted by atomic mass is 32.2. The van der Waals surface area contributed by atoms with E-state index in [0.717, 1.165) is 36.5 Å². The van der Waals surface area contributed by atoms with Crippen LogP contribution in [0.1, 0.15) is 26.5 Å². The van der Waals surface area contributed by atoms with E-state index in [1.807, 2.05) is 30.0 Å². The Kier molecular flexibility index (Phi) is 7.45. The molecule has 1 aromatic heterocycles. The molecule has 34 heavy (non-hydrogen) atoms. The molecule has 0 atom stereocenters. The quantitative estimate of drug-likeness (QED) is 0.534. The van der Waals surface area contributed by atoms with Gasteiger partial charge in [-0.3, -0.25) is 14.4 Å². The Labute approximate surface area is 204 Å². The van der Waals surface area contributed by atoms with E-state index in [1.165, 1.54) is 5.56 Å². The maximum absolute atomic E-state index is 13.1. The number of benzene rings is 2. The van der Waals surface area contributed by atoms with Crippen molar-refractivity contribution in [1.29, 1.82) is 0 Å². The zero-order chi connectivity index (χ0) is 24.1. The van der Waals surface area contributed by atoms with Crippen molar-refractivity contribution in [2.24, 2.45) is 0 Å². The molecule has 0 spiro atoms. The van der Waals surface area contributed by atoms with Crippen LogP contribution in [0, 0.1) is 13.8 Å². The Bertz CT molecular complexity index is 1260. The molecule has 0 radical (unpaired) electrons.